The van der Waals surface area contributed by atoms with Gasteiger partial charge in [0.25, 0.3) is 0 Å². The normalized spacial score (nSPS) is 12.4. The van der Waals surface area contributed by atoms with E-state index < -0.39 is 6.10 Å². The molecule has 1 atom stereocenters. The zero-order valence-corrected chi connectivity index (χ0v) is 13.3. The molecule has 0 aliphatic rings. The fourth-order valence-corrected chi connectivity index (χ4v) is 2.49. The molecule has 0 fully saturated rings. The molecule has 0 radical (unpaired) electrons. The molecule has 22 heavy (non-hydrogen) atoms. The van der Waals surface area contributed by atoms with Gasteiger partial charge in [0.15, 0.2) is 0 Å². The summed E-state index contributed by atoms with van der Waals surface area (Å²) >= 11 is 0. The molecule has 1 N–H and O–H groups in total. The summed E-state index contributed by atoms with van der Waals surface area (Å²) < 4.78 is 5.75. The van der Waals surface area contributed by atoms with Crippen LogP contribution in [0.25, 0.3) is 10.8 Å². The standard InChI is InChI=1S/C18H23NO3/c1-13(2)19(14(3)20)11-16(21)12-22-18-10-6-8-15-7-4-5-9-17(15)18/h4-10,13,16,21H,11-12H2,1-3H3. The van der Waals surface area contributed by atoms with Crippen LogP contribution in [0.5, 0.6) is 5.75 Å². The van der Waals surface area contributed by atoms with Gasteiger partial charge in [-0.05, 0) is 25.3 Å². The first-order valence-corrected chi connectivity index (χ1v) is 7.55. The summed E-state index contributed by atoms with van der Waals surface area (Å²) in [6.07, 6.45) is -0.717. The molecule has 0 saturated carbocycles. The zero-order valence-electron chi connectivity index (χ0n) is 13.3. The average molecular weight is 301 g/mol. The van der Waals surface area contributed by atoms with Crippen molar-refractivity contribution in [1.29, 1.82) is 0 Å². The van der Waals surface area contributed by atoms with Gasteiger partial charge < -0.3 is 14.7 Å². The molecule has 0 saturated heterocycles. The molecule has 2 aromatic carbocycles. The number of carbonyl (C=O) groups excluding carboxylic acids is 1. The van der Waals surface area contributed by atoms with Crippen LogP contribution >= 0.6 is 0 Å². The van der Waals surface area contributed by atoms with Gasteiger partial charge in [-0.1, -0.05) is 36.4 Å². The van der Waals surface area contributed by atoms with E-state index in [2.05, 4.69) is 0 Å². The predicted octanol–water partition coefficient (Wildman–Crippen LogP) is 2.84. The molecule has 1 unspecified atom stereocenters. The van der Waals surface area contributed by atoms with Crippen molar-refractivity contribution in [2.45, 2.75) is 32.9 Å². The summed E-state index contributed by atoms with van der Waals surface area (Å²) in [5.74, 6) is 0.704. The number of rotatable bonds is 6. The minimum atomic E-state index is -0.717. The molecule has 0 aliphatic heterocycles. The summed E-state index contributed by atoms with van der Waals surface area (Å²) in [5, 5.41) is 12.2. The molecular weight excluding hydrogens is 278 g/mol. The lowest BCUT2D eigenvalue weighted by Gasteiger charge is -2.27. The van der Waals surface area contributed by atoms with Crippen molar-refractivity contribution in [1.82, 2.24) is 4.90 Å². The highest BCUT2D eigenvalue weighted by Crippen LogP contribution is 2.25. The molecule has 118 valence electrons. The lowest BCUT2D eigenvalue weighted by Crippen LogP contribution is -2.42. The third-order valence-electron chi connectivity index (χ3n) is 3.62. The van der Waals surface area contributed by atoms with Crippen LogP contribution in [0, 0.1) is 0 Å². The van der Waals surface area contributed by atoms with Gasteiger partial charge in [0.1, 0.15) is 18.5 Å². The molecule has 4 heteroatoms. The Kier molecular flexibility index (Phi) is 5.39. The van der Waals surface area contributed by atoms with Crippen molar-refractivity contribution >= 4 is 16.7 Å². The maximum atomic E-state index is 11.5. The number of amides is 1. The molecule has 0 aliphatic carbocycles. The molecule has 0 heterocycles. The Bertz CT molecular complexity index is 634. The second-order valence-electron chi connectivity index (χ2n) is 5.71. The van der Waals surface area contributed by atoms with Gasteiger partial charge in [0.05, 0.1) is 6.54 Å². The van der Waals surface area contributed by atoms with E-state index in [0.29, 0.717) is 0 Å². The van der Waals surface area contributed by atoms with Gasteiger partial charge in [-0.3, -0.25) is 4.79 Å². The highest BCUT2D eigenvalue weighted by atomic mass is 16.5. The number of fused-ring (bicyclic) bond motifs is 1. The van der Waals surface area contributed by atoms with Crippen molar-refractivity contribution in [3.63, 3.8) is 0 Å². The first-order chi connectivity index (χ1) is 10.5. The number of hydrogen-bond acceptors (Lipinski definition) is 3. The first kappa shape index (κ1) is 16.3. The summed E-state index contributed by atoms with van der Waals surface area (Å²) in [6, 6.07) is 13.9. The van der Waals surface area contributed by atoms with Gasteiger partial charge >= 0.3 is 0 Å². The van der Waals surface area contributed by atoms with Crippen LogP contribution in [-0.2, 0) is 4.79 Å². The van der Waals surface area contributed by atoms with Crippen molar-refractivity contribution in [2.75, 3.05) is 13.2 Å². The topological polar surface area (TPSA) is 49.8 Å². The quantitative estimate of drug-likeness (QED) is 0.892. The van der Waals surface area contributed by atoms with Gasteiger partial charge in [-0.25, -0.2) is 0 Å². The molecule has 2 rings (SSSR count). The fourth-order valence-electron chi connectivity index (χ4n) is 2.49. The molecule has 2 aromatic rings. The fraction of sp³-hybridized carbons (Fsp3) is 0.389. The first-order valence-electron chi connectivity index (χ1n) is 7.55. The molecular formula is C18H23NO3. The third-order valence-corrected chi connectivity index (χ3v) is 3.62. The van der Waals surface area contributed by atoms with E-state index in [1.807, 2.05) is 56.3 Å². The second kappa shape index (κ2) is 7.27. The van der Waals surface area contributed by atoms with Crippen LogP contribution in [0.3, 0.4) is 0 Å². The van der Waals surface area contributed by atoms with Crippen LogP contribution in [0.2, 0.25) is 0 Å². The average Bonchev–Trinajstić information content (AvgIpc) is 2.49. The van der Waals surface area contributed by atoms with Crippen molar-refractivity contribution in [3.05, 3.63) is 42.5 Å². The Balaban J connectivity index is 2.01. The molecule has 0 bridgehead atoms. The largest absolute Gasteiger partial charge is 0.490 e. The van der Waals surface area contributed by atoms with Crippen molar-refractivity contribution < 1.29 is 14.6 Å². The van der Waals surface area contributed by atoms with Crippen LogP contribution in [-0.4, -0.2) is 41.2 Å². The number of carbonyl (C=O) groups is 1. The summed E-state index contributed by atoms with van der Waals surface area (Å²) in [5.41, 5.74) is 0. The maximum absolute atomic E-state index is 11.5. The van der Waals surface area contributed by atoms with E-state index in [1.54, 1.807) is 4.90 Å². The minimum absolute atomic E-state index is 0.0424. The van der Waals surface area contributed by atoms with Crippen LogP contribution < -0.4 is 4.74 Å². The summed E-state index contributed by atoms with van der Waals surface area (Å²) in [7, 11) is 0. The van der Waals surface area contributed by atoms with Crippen LogP contribution in [0.15, 0.2) is 42.5 Å². The van der Waals surface area contributed by atoms with Gasteiger partial charge in [0.2, 0.25) is 5.91 Å². The van der Waals surface area contributed by atoms with Gasteiger partial charge in [-0.2, -0.15) is 0 Å². The number of benzene rings is 2. The Morgan fingerprint density at radius 3 is 2.55 bits per heavy atom. The molecule has 0 aromatic heterocycles. The smallest absolute Gasteiger partial charge is 0.219 e. The van der Waals surface area contributed by atoms with E-state index in [-0.39, 0.29) is 25.1 Å². The van der Waals surface area contributed by atoms with Gasteiger partial charge in [-0.15, -0.1) is 0 Å². The van der Waals surface area contributed by atoms with Gasteiger partial charge in [0, 0.05) is 18.4 Å². The number of nitrogens with zero attached hydrogens (tertiary/aromatic N) is 1. The van der Waals surface area contributed by atoms with Crippen LogP contribution in [0.4, 0.5) is 0 Å². The zero-order chi connectivity index (χ0) is 16.1. The number of aliphatic hydroxyl groups is 1. The lowest BCUT2D eigenvalue weighted by molar-refractivity contribution is -0.132. The number of aliphatic hydroxyl groups excluding tert-OH is 1. The van der Waals surface area contributed by atoms with E-state index in [0.717, 1.165) is 16.5 Å². The number of ether oxygens (including phenoxy) is 1. The Morgan fingerprint density at radius 1 is 1.18 bits per heavy atom. The van der Waals surface area contributed by atoms with E-state index in [1.165, 1.54) is 6.92 Å². The molecule has 4 nitrogen and oxygen atoms in total. The minimum Gasteiger partial charge on any atom is -0.490 e. The second-order valence-corrected chi connectivity index (χ2v) is 5.71. The summed E-state index contributed by atoms with van der Waals surface area (Å²) in [4.78, 5) is 13.2. The molecule has 0 spiro atoms. The van der Waals surface area contributed by atoms with Crippen molar-refractivity contribution in [2.24, 2.45) is 0 Å². The summed E-state index contributed by atoms with van der Waals surface area (Å²) in [6.45, 7) is 5.81. The predicted molar refractivity (Wildman–Crippen MR) is 88.0 cm³/mol. The SMILES string of the molecule is CC(=O)N(CC(O)COc1cccc2ccccc12)C(C)C. The molecule has 1 amide bonds. The Morgan fingerprint density at radius 2 is 1.86 bits per heavy atom. The van der Waals surface area contributed by atoms with E-state index in [9.17, 15) is 9.90 Å². The third kappa shape index (κ3) is 3.98. The Hall–Kier alpha value is -2.07. The van der Waals surface area contributed by atoms with Crippen LogP contribution in [0.1, 0.15) is 20.8 Å². The highest BCUT2D eigenvalue weighted by molar-refractivity contribution is 5.88. The maximum Gasteiger partial charge on any atom is 0.219 e. The number of hydrogen-bond donors (Lipinski definition) is 1. The van der Waals surface area contributed by atoms with E-state index in [4.69, 9.17) is 4.74 Å². The van der Waals surface area contributed by atoms with Crippen molar-refractivity contribution in [3.8, 4) is 5.75 Å². The monoisotopic (exact) mass is 301 g/mol. The Labute approximate surface area is 131 Å². The highest BCUT2D eigenvalue weighted by Gasteiger charge is 2.17. The van der Waals surface area contributed by atoms with E-state index >= 15 is 0 Å². The lowest BCUT2D eigenvalue weighted by atomic mass is 10.1.